The standard InChI is InChI=1S/C8H13NO4/c1-9-7(10)5-3-4-6(13-5)8(11)12-2/h5-6H,3-4H2,1-2H3,(H,9,10)/t5-,6+/m0/s1. The first-order valence-corrected chi connectivity index (χ1v) is 4.14. The van der Waals surface area contributed by atoms with Gasteiger partial charge in [-0.3, -0.25) is 4.79 Å². The molecule has 0 unspecified atom stereocenters. The minimum absolute atomic E-state index is 0.189. The summed E-state index contributed by atoms with van der Waals surface area (Å²) in [5.74, 6) is -0.599. The molecule has 1 heterocycles. The Morgan fingerprint density at radius 1 is 1.38 bits per heavy atom. The summed E-state index contributed by atoms with van der Waals surface area (Å²) >= 11 is 0. The molecule has 2 atom stereocenters. The van der Waals surface area contributed by atoms with Crippen molar-refractivity contribution in [3.05, 3.63) is 0 Å². The van der Waals surface area contributed by atoms with E-state index in [1.165, 1.54) is 14.2 Å². The second kappa shape index (κ2) is 4.23. The average molecular weight is 187 g/mol. The molecule has 1 rings (SSSR count). The maximum Gasteiger partial charge on any atom is 0.335 e. The van der Waals surface area contributed by atoms with Gasteiger partial charge in [-0.1, -0.05) is 0 Å². The molecule has 0 aliphatic carbocycles. The highest BCUT2D eigenvalue weighted by molar-refractivity contribution is 5.82. The molecule has 1 aliphatic rings. The Hall–Kier alpha value is -1.10. The predicted octanol–water partition coefficient (Wildman–Crippen LogP) is -0.547. The Balaban J connectivity index is 2.44. The molecule has 0 radical (unpaired) electrons. The second-order valence-electron chi connectivity index (χ2n) is 2.83. The monoisotopic (exact) mass is 187 g/mol. The Morgan fingerprint density at radius 2 is 2.00 bits per heavy atom. The molecule has 74 valence electrons. The van der Waals surface area contributed by atoms with Crippen molar-refractivity contribution in [1.29, 1.82) is 0 Å². The van der Waals surface area contributed by atoms with Gasteiger partial charge < -0.3 is 14.8 Å². The van der Waals surface area contributed by atoms with Crippen LogP contribution in [0.4, 0.5) is 0 Å². The van der Waals surface area contributed by atoms with Gasteiger partial charge in [0.2, 0.25) is 5.91 Å². The molecule has 1 saturated heterocycles. The fourth-order valence-corrected chi connectivity index (χ4v) is 1.30. The van der Waals surface area contributed by atoms with Crippen molar-refractivity contribution < 1.29 is 19.1 Å². The van der Waals surface area contributed by atoms with Crippen LogP contribution in [0.25, 0.3) is 0 Å². The lowest BCUT2D eigenvalue weighted by Gasteiger charge is -2.10. The Kier molecular flexibility index (Phi) is 3.25. The van der Waals surface area contributed by atoms with Crippen molar-refractivity contribution >= 4 is 11.9 Å². The van der Waals surface area contributed by atoms with Gasteiger partial charge in [0.25, 0.3) is 0 Å². The van der Waals surface area contributed by atoms with Crippen LogP contribution in [0.2, 0.25) is 0 Å². The van der Waals surface area contributed by atoms with Crippen molar-refractivity contribution in [3.8, 4) is 0 Å². The third kappa shape index (κ3) is 2.18. The van der Waals surface area contributed by atoms with Gasteiger partial charge in [0.05, 0.1) is 7.11 Å². The lowest BCUT2D eigenvalue weighted by atomic mass is 10.2. The molecule has 5 heteroatoms. The van der Waals surface area contributed by atoms with Gasteiger partial charge in [0, 0.05) is 7.05 Å². The molecule has 1 fully saturated rings. The summed E-state index contributed by atoms with van der Waals surface area (Å²) in [6.45, 7) is 0. The molecule has 13 heavy (non-hydrogen) atoms. The maximum atomic E-state index is 11.1. The highest BCUT2D eigenvalue weighted by Gasteiger charge is 2.34. The number of likely N-dealkylation sites (N-methyl/N-ethyl adjacent to an activating group) is 1. The number of carbonyl (C=O) groups excluding carboxylic acids is 2. The smallest absolute Gasteiger partial charge is 0.335 e. The van der Waals surface area contributed by atoms with Crippen molar-refractivity contribution in [2.24, 2.45) is 0 Å². The molecular weight excluding hydrogens is 174 g/mol. The normalized spacial score (nSPS) is 26.9. The summed E-state index contributed by atoms with van der Waals surface area (Å²) in [6.07, 6.45) is 0.0332. The SMILES string of the molecule is CNC(=O)[C@@H]1CC[C@H](C(=O)OC)O1. The van der Waals surface area contributed by atoms with E-state index in [9.17, 15) is 9.59 Å². The highest BCUT2D eigenvalue weighted by Crippen LogP contribution is 2.20. The molecule has 1 N–H and O–H groups in total. The molecule has 0 aromatic heterocycles. The van der Waals surface area contributed by atoms with Gasteiger partial charge in [0.15, 0.2) is 6.10 Å². The van der Waals surface area contributed by atoms with Gasteiger partial charge in [0.1, 0.15) is 6.10 Å². The largest absolute Gasteiger partial charge is 0.467 e. The predicted molar refractivity (Wildman–Crippen MR) is 44.0 cm³/mol. The molecule has 1 amide bonds. The van der Waals surface area contributed by atoms with Crippen molar-refractivity contribution in [1.82, 2.24) is 5.32 Å². The number of ether oxygens (including phenoxy) is 2. The number of rotatable bonds is 2. The topological polar surface area (TPSA) is 64.6 Å². The van der Waals surface area contributed by atoms with Crippen molar-refractivity contribution in [3.63, 3.8) is 0 Å². The molecule has 1 aliphatic heterocycles. The zero-order valence-electron chi connectivity index (χ0n) is 7.70. The molecular formula is C8H13NO4. The summed E-state index contributed by atoms with van der Waals surface area (Å²) in [5.41, 5.74) is 0. The third-order valence-corrected chi connectivity index (χ3v) is 2.02. The molecule has 0 aromatic rings. The van der Waals surface area contributed by atoms with Gasteiger partial charge in [-0.15, -0.1) is 0 Å². The lowest BCUT2D eigenvalue weighted by Crippen LogP contribution is -2.33. The first kappa shape index (κ1) is 9.98. The Bertz CT molecular complexity index is 194. The molecule has 0 spiro atoms. The quantitative estimate of drug-likeness (QED) is 0.589. The highest BCUT2D eigenvalue weighted by atomic mass is 16.6. The fourth-order valence-electron chi connectivity index (χ4n) is 1.30. The van der Waals surface area contributed by atoms with E-state index in [1.54, 1.807) is 0 Å². The van der Waals surface area contributed by atoms with Crippen molar-refractivity contribution in [2.75, 3.05) is 14.2 Å². The summed E-state index contributed by atoms with van der Waals surface area (Å²) in [4.78, 5) is 22.1. The maximum absolute atomic E-state index is 11.1. The van der Waals surface area contributed by atoms with Crippen LogP contribution >= 0.6 is 0 Å². The number of esters is 1. The summed E-state index contributed by atoms with van der Waals surface area (Å²) in [7, 11) is 2.84. The number of hydrogen-bond donors (Lipinski definition) is 1. The van der Waals surface area contributed by atoms with Gasteiger partial charge in [-0.05, 0) is 12.8 Å². The zero-order valence-corrected chi connectivity index (χ0v) is 7.70. The van der Waals surface area contributed by atoms with Crippen LogP contribution in [0.1, 0.15) is 12.8 Å². The van der Waals surface area contributed by atoms with Crippen LogP contribution in [0, 0.1) is 0 Å². The number of nitrogens with one attached hydrogen (secondary N) is 1. The van der Waals surface area contributed by atoms with E-state index >= 15 is 0 Å². The van der Waals surface area contributed by atoms with E-state index in [0.29, 0.717) is 12.8 Å². The average Bonchev–Trinajstić information content (AvgIpc) is 2.64. The summed E-state index contributed by atoms with van der Waals surface area (Å²) < 4.78 is 9.68. The van der Waals surface area contributed by atoms with Crippen LogP contribution in [-0.2, 0) is 19.1 Å². The molecule has 0 bridgehead atoms. The molecule has 0 aromatic carbocycles. The first-order chi connectivity index (χ1) is 6.19. The van der Waals surface area contributed by atoms with Crippen LogP contribution in [0.15, 0.2) is 0 Å². The van der Waals surface area contributed by atoms with Crippen LogP contribution in [-0.4, -0.2) is 38.2 Å². The lowest BCUT2D eigenvalue weighted by molar-refractivity contribution is -0.155. The summed E-state index contributed by atoms with van der Waals surface area (Å²) in [6, 6.07) is 0. The minimum Gasteiger partial charge on any atom is -0.467 e. The van der Waals surface area contributed by atoms with Crippen LogP contribution < -0.4 is 5.32 Å². The van der Waals surface area contributed by atoms with Crippen LogP contribution in [0.5, 0.6) is 0 Å². The van der Waals surface area contributed by atoms with Crippen molar-refractivity contribution in [2.45, 2.75) is 25.0 Å². The number of amides is 1. The van der Waals surface area contributed by atoms with E-state index in [1.807, 2.05) is 0 Å². The van der Waals surface area contributed by atoms with E-state index in [0.717, 1.165) is 0 Å². The first-order valence-electron chi connectivity index (χ1n) is 4.14. The van der Waals surface area contributed by atoms with E-state index in [2.05, 4.69) is 10.1 Å². The van der Waals surface area contributed by atoms with E-state index < -0.39 is 18.2 Å². The van der Waals surface area contributed by atoms with Gasteiger partial charge in [-0.2, -0.15) is 0 Å². The number of carbonyl (C=O) groups is 2. The minimum atomic E-state index is -0.577. The summed E-state index contributed by atoms with van der Waals surface area (Å²) in [5, 5.41) is 2.47. The third-order valence-electron chi connectivity index (χ3n) is 2.02. The number of hydrogen-bond acceptors (Lipinski definition) is 4. The molecule has 5 nitrogen and oxygen atoms in total. The van der Waals surface area contributed by atoms with Gasteiger partial charge >= 0.3 is 5.97 Å². The van der Waals surface area contributed by atoms with E-state index in [4.69, 9.17) is 4.74 Å². The molecule has 0 saturated carbocycles. The second-order valence-corrected chi connectivity index (χ2v) is 2.83. The Labute approximate surface area is 76.4 Å². The fraction of sp³-hybridized carbons (Fsp3) is 0.750. The zero-order chi connectivity index (χ0) is 9.84. The van der Waals surface area contributed by atoms with Gasteiger partial charge in [-0.25, -0.2) is 4.79 Å². The van der Waals surface area contributed by atoms with Crippen LogP contribution in [0.3, 0.4) is 0 Å². The van der Waals surface area contributed by atoms with E-state index in [-0.39, 0.29) is 5.91 Å². The number of methoxy groups -OCH3 is 1. The Morgan fingerprint density at radius 3 is 2.54 bits per heavy atom.